The summed E-state index contributed by atoms with van der Waals surface area (Å²) in [6.07, 6.45) is 3.77. The maximum Gasteiger partial charge on any atom is 0.124 e. The van der Waals surface area contributed by atoms with Crippen LogP contribution in [0.5, 0.6) is 0 Å². The third-order valence-electron chi connectivity index (χ3n) is 3.60. The van der Waals surface area contributed by atoms with Gasteiger partial charge in [0.1, 0.15) is 12.4 Å². The van der Waals surface area contributed by atoms with Crippen LogP contribution in [0.3, 0.4) is 0 Å². The van der Waals surface area contributed by atoms with Crippen LogP contribution in [0.25, 0.3) is 0 Å². The van der Waals surface area contributed by atoms with Crippen LogP contribution < -0.4 is 0 Å². The summed E-state index contributed by atoms with van der Waals surface area (Å²) in [5.74, 6) is 5.09. The minimum absolute atomic E-state index is 0.221. The molecule has 21 heavy (non-hydrogen) atoms. The highest BCUT2D eigenvalue weighted by Gasteiger charge is 2.16. The Morgan fingerprint density at radius 2 is 2.29 bits per heavy atom. The van der Waals surface area contributed by atoms with Crippen LogP contribution in [0.1, 0.15) is 30.4 Å². The number of aliphatic hydroxyl groups is 1. The molecule has 2 rings (SSSR count). The lowest BCUT2D eigenvalue weighted by atomic mass is 10.1. The van der Waals surface area contributed by atoms with Gasteiger partial charge in [-0.15, -0.1) is 0 Å². The van der Waals surface area contributed by atoms with Gasteiger partial charge in [0, 0.05) is 25.3 Å². The average molecular weight is 291 g/mol. The lowest BCUT2D eigenvalue weighted by Gasteiger charge is -2.27. The molecule has 1 aromatic rings. The Balaban J connectivity index is 2.00. The van der Waals surface area contributed by atoms with Crippen LogP contribution in [0.4, 0.5) is 4.39 Å². The molecular formula is C17H22FNO2. The summed E-state index contributed by atoms with van der Waals surface area (Å²) in [5, 5.41) is 8.79. The maximum absolute atomic E-state index is 13.3. The molecule has 0 spiro atoms. The third-order valence-corrected chi connectivity index (χ3v) is 3.60. The Morgan fingerprint density at radius 1 is 1.43 bits per heavy atom. The zero-order chi connectivity index (χ0) is 15.1. The van der Waals surface area contributed by atoms with Crippen molar-refractivity contribution in [1.82, 2.24) is 4.90 Å². The smallest absolute Gasteiger partial charge is 0.124 e. The molecule has 1 aliphatic rings. The quantitative estimate of drug-likeness (QED) is 0.863. The molecule has 0 radical (unpaired) electrons. The van der Waals surface area contributed by atoms with Crippen LogP contribution in [0, 0.1) is 17.7 Å². The number of hydrogen-bond donors (Lipinski definition) is 1. The highest BCUT2D eigenvalue weighted by Crippen LogP contribution is 2.16. The van der Waals surface area contributed by atoms with E-state index >= 15 is 0 Å². The van der Waals surface area contributed by atoms with E-state index < -0.39 is 0 Å². The van der Waals surface area contributed by atoms with Crippen LogP contribution in [0.2, 0.25) is 0 Å². The summed E-state index contributed by atoms with van der Waals surface area (Å²) >= 11 is 0. The van der Waals surface area contributed by atoms with E-state index in [9.17, 15) is 4.39 Å². The van der Waals surface area contributed by atoms with Crippen molar-refractivity contribution < 1.29 is 14.2 Å². The first kappa shape index (κ1) is 16.0. The fourth-order valence-electron chi connectivity index (χ4n) is 2.59. The molecule has 1 fully saturated rings. The third kappa shape index (κ3) is 5.13. The molecular weight excluding hydrogens is 269 g/mol. The monoisotopic (exact) mass is 291 g/mol. The molecule has 0 aromatic heterocycles. The van der Waals surface area contributed by atoms with Crippen molar-refractivity contribution in [3.05, 3.63) is 35.1 Å². The molecule has 4 heteroatoms. The fourth-order valence-corrected chi connectivity index (χ4v) is 2.59. The van der Waals surface area contributed by atoms with Gasteiger partial charge >= 0.3 is 0 Å². The Morgan fingerprint density at radius 3 is 3.00 bits per heavy atom. The molecule has 0 amide bonds. The van der Waals surface area contributed by atoms with Gasteiger partial charge in [0.2, 0.25) is 0 Å². The number of benzene rings is 1. The highest BCUT2D eigenvalue weighted by atomic mass is 19.1. The average Bonchev–Trinajstić information content (AvgIpc) is 2.48. The Hall–Kier alpha value is -1.41. The van der Waals surface area contributed by atoms with Gasteiger partial charge in [-0.3, -0.25) is 4.90 Å². The first-order valence-corrected chi connectivity index (χ1v) is 7.37. The summed E-state index contributed by atoms with van der Waals surface area (Å²) in [6.45, 7) is 2.18. The van der Waals surface area contributed by atoms with E-state index in [0.717, 1.165) is 31.6 Å². The van der Waals surface area contributed by atoms with Crippen LogP contribution >= 0.6 is 0 Å². The molecule has 1 unspecified atom stereocenters. The summed E-state index contributed by atoms with van der Waals surface area (Å²) in [5.41, 5.74) is 1.61. The van der Waals surface area contributed by atoms with Gasteiger partial charge in [-0.05, 0) is 44.0 Å². The molecule has 0 aliphatic carbocycles. The van der Waals surface area contributed by atoms with Gasteiger partial charge in [0.05, 0.1) is 6.10 Å². The predicted octanol–water partition coefficient (Wildman–Crippen LogP) is 2.17. The van der Waals surface area contributed by atoms with Gasteiger partial charge in [-0.1, -0.05) is 17.9 Å². The number of aliphatic hydroxyl groups excluding tert-OH is 1. The van der Waals surface area contributed by atoms with Gasteiger partial charge < -0.3 is 9.84 Å². The summed E-state index contributed by atoms with van der Waals surface area (Å²) in [6, 6.07) is 4.63. The first-order valence-electron chi connectivity index (χ1n) is 7.37. The molecule has 0 saturated carbocycles. The van der Waals surface area contributed by atoms with Crippen LogP contribution in [0.15, 0.2) is 18.2 Å². The van der Waals surface area contributed by atoms with Crippen molar-refractivity contribution in [3.63, 3.8) is 0 Å². The van der Waals surface area contributed by atoms with Crippen molar-refractivity contribution in [3.8, 4) is 11.8 Å². The minimum atomic E-state index is -0.306. The SMILES string of the molecule is CN(Cc1ccc(F)cc1C#CCO)CC1CCCCO1. The van der Waals surface area contributed by atoms with E-state index in [1.807, 2.05) is 7.05 Å². The Bertz CT molecular complexity index is 515. The number of ether oxygens (including phenoxy) is 1. The standard InChI is InChI=1S/C17H22FNO2/c1-19(13-17-6-2-3-10-21-17)12-15-7-8-16(18)11-14(15)5-4-9-20/h7-8,11,17,20H,2-3,6,9-10,12-13H2,1H3. The summed E-state index contributed by atoms with van der Waals surface area (Å²) in [7, 11) is 2.03. The second kappa shape index (κ2) is 8.14. The van der Waals surface area contributed by atoms with Crippen molar-refractivity contribution >= 4 is 0 Å². The van der Waals surface area contributed by atoms with Crippen molar-refractivity contribution in [1.29, 1.82) is 0 Å². The van der Waals surface area contributed by atoms with Gasteiger partial charge in [-0.25, -0.2) is 4.39 Å². The predicted molar refractivity (Wildman–Crippen MR) is 80.3 cm³/mol. The molecule has 1 aromatic carbocycles. The van der Waals surface area contributed by atoms with Crippen LogP contribution in [-0.2, 0) is 11.3 Å². The van der Waals surface area contributed by atoms with E-state index in [1.54, 1.807) is 6.07 Å². The van der Waals surface area contributed by atoms with Gasteiger partial charge in [-0.2, -0.15) is 0 Å². The molecule has 1 heterocycles. The minimum Gasteiger partial charge on any atom is -0.384 e. The van der Waals surface area contributed by atoms with E-state index in [0.29, 0.717) is 12.1 Å². The molecule has 1 atom stereocenters. The maximum atomic E-state index is 13.3. The number of likely N-dealkylation sites (N-methyl/N-ethyl adjacent to an activating group) is 1. The second-order valence-corrected chi connectivity index (χ2v) is 5.45. The largest absolute Gasteiger partial charge is 0.384 e. The van der Waals surface area contributed by atoms with Crippen molar-refractivity contribution in [2.45, 2.75) is 31.9 Å². The lowest BCUT2D eigenvalue weighted by molar-refractivity contribution is -0.00260. The molecule has 1 saturated heterocycles. The Kier molecular flexibility index (Phi) is 6.19. The van der Waals surface area contributed by atoms with Crippen molar-refractivity contribution in [2.75, 3.05) is 26.8 Å². The van der Waals surface area contributed by atoms with Crippen molar-refractivity contribution in [2.24, 2.45) is 0 Å². The normalized spacial score (nSPS) is 18.4. The molecule has 114 valence electrons. The van der Waals surface area contributed by atoms with E-state index in [1.165, 1.54) is 18.6 Å². The topological polar surface area (TPSA) is 32.7 Å². The molecule has 1 aliphatic heterocycles. The number of rotatable bonds is 4. The number of hydrogen-bond acceptors (Lipinski definition) is 3. The van der Waals surface area contributed by atoms with Gasteiger partial charge in [0.25, 0.3) is 0 Å². The summed E-state index contributed by atoms with van der Waals surface area (Å²) < 4.78 is 19.1. The van der Waals surface area contributed by atoms with E-state index in [4.69, 9.17) is 9.84 Å². The molecule has 1 N–H and O–H groups in total. The number of nitrogens with zero attached hydrogens (tertiary/aromatic N) is 1. The number of halogens is 1. The second-order valence-electron chi connectivity index (χ2n) is 5.45. The zero-order valence-corrected chi connectivity index (χ0v) is 12.4. The summed E-state index contributed by atoms with van der Waals surface area (Å²) in [4.78, 5) is 2.17. The molecule has 3 nitrogen and oxygen atoms in total. The van der Waals surface area contributed by atoms with Crippen LogP contribution in [-0.4, -0.2) is 42.9 Å². The van der Waals surface area contributed by atoms with Gasteiger partial charge in [0.15, 0.2) is 0 Å². The molecule has 0 bridgehead atoms. The lowest BCUT2D eigenvalue weighted by Crippen LogP contribution is -2.33. The zero-order valence-electron chi connectivity index (χ0n) is 12.4. The van der Waals surface area contributed by atoms with E-state index in [2.05, 4.69) is 16.7 Å². The first-order chi connectivity index (χ1) is 10.2. The highest BCUT2D eigenvalue weighted by molar-refractivity contribution is 5.41. The van der Waals surface area contributed by atoms with E-state index in [-0.39, 0.29) is 18.5 Å². The Labute approximate surface area is 125 Å². The fraction of sp³-hybridized carbons (Fsp3) is 0.529.